The van der Waals surface area contributed by atoms with Gasteiger partial charge in [-0.2, -0.15) is 0 Å². The summed E-state index contributed by atoms with van der Waals surface area (Å²) in [6, 6.07) is 0. The first-order chi connectivity index (χ1) is 7.83. The third kappa shape index (κ3) is 0.942. The van der Waals surface area contributed by atoms with E-state index in [1.54, 1.807) is 6.08 Å². The summed E-state index contributed by atoms with van der Waals surface area (Å²) < 4.78 is 2.74. The molecule has 0 aromatic heterocycles. The highest BCUT2D eigenvalue weighted by atomic mass is 35.6. The Hall–Kier alpha value is 0.0600. The van der Waals surface area contributed by atoms with E-state index in [0.717, 1.165) is 4.90 Å². The number of carbonyl (C=O) groups excluding carboxylic acids is 2. The second-order valence-electron chi connectivity index (χ2n) is 4.37. The van der Waals surface area contributed by atoms with Crippen LogP contribution in [0.25, 0.3) is 0 Å². The third-order valence-electron chi connectivity index (χ3n) is 3.63. The first-order valence-electron chi connectivity index (χ1n) is 4.86. The van der Waals surface area contributed by atoms with Gasteiger partial charge in [-0.3, -0.25) is 9.59 Å². The lowest BCUT2D eigenvalue weighted by Crippen LogP contribution is -2.43. The Morgan fingerprint density at radius 2 is 2.12 bits per heavy atom. The number of ether oxygens (including phenoxy) is 1. The van der Waals surface area contributed by atoms with Gasteiger partial charge in [0.15, 0.2) is 9.68 Å². The van der Waals surface area contributed by atoms with Crippen molar-refractivity contribution in [2.45, 2.75) is 19.7 Å². The summed E-state index contributed by atoms with van der Waals surface area (Å²) in [5.41, 5.74) is 0. The summed E-state index contributed by atoms with van der Waals surface area (Å²) in [5, 5.41) is 0. The van der Waals surface area contributed by atoms with Gasteiger partial charge >= 0.3 is 0 Å². The summed E-state index contributed by atoms with van der Waals surface area (Å²) in [7, 11) is 0. The minimum absolute atomic E-state index is 0.370. The Labute approximate surface area is 115 Å². The topological polar surface area (TPSA) is 46.6 Å². The average Bonchev–Trinajstić information content (AvgIpc) is 2.46. The van der Waals surface area contributed by atoms with Crippen molar-refractivity contribution in [2.75, 3.05) is 0 Å². The molecule has 4 aliphatic heterocycles. The summed E-state index contributed by atoms with van der Waals surface area (Å²) in [5.74, 6) is -1.47. The Balaban J connectivity index is 1.87. The normalized spacial score (nSPS) is 49.9. The smallest absolute Gasteiger partial charge is 0.276 e. The van der Waals surface area contributed by atoms with E-state index in [9.17, 15) is 9.59 Å². The molecule has 0 aliphatic carbocycles. The van der Waals surface area contributed by atoms with Crippen LogP contribution in [-0.2, 0) is 14.3 Å². The summed E-state index contributed by atoms with van der Waals surface area (Å²) >= 11 is 18.4. The van der Waals surface area contributed by atoms with Crippen molar-refractivity contribution in [2.24, 2.45) is 5.92 Å². The van der Waals surface area contributed by atoms with Crippen LogP contribution in [0.2, 0.25) is 0 Å². The van der Waals surface area contributed by atoms with Crippen LogP contribution in [0.5, 0.6) is 0 Å². The highest BCUT2D eigenvalue weighted by Crippen LogP contribution is 2.79. The first-order valence-corrected chi connectivity index (χ1v) is 6.81. The number of nitrogens with zero attached hydrogens (tertiary/aromatic N) is 1. The molecule has 2 bridgehead atoms. The SMILES string of the molecule is O=C1C2C3C=CC4(O3)SC24C(=O)N1C(Cl)(Cl)Cl. The Morgan fingerprint density at radius 3 is 2.71 bits per heavy atom. The molecule has 2 amide bonds. The number of rotatable bonds is 0. The molecule has 2 spiro atoms. The van der Waals surface area contributed by atoms with Crippen molar-refractivity contribution in [3.8, 4) is 0 Å². The zero-order valence-electron chi connectivity index (χ0n) is 8.02. The number of imide groups is 1. The molecule has 17 heavy (non-hydrogen) atoms. The fourth-order valence-corrected chi connectivity index (χ4v) is 5.05. The Kier molecular flexibility index (Phi) is 1.71. The summed E-state index contributed by atoms with van der Waals surface area (Å²) in [6.45, 7) is 0. The molecule has 90 valence electrons. The van der Waals surface area contributed by atoms with Crippen molar-refractivity contribution in [3.63, 3.8) is 0 Å². The molecular formula is C9H4Cl3NO3S. The summed E-state index contributed by atoms with van der Waals surface area (Å²) in [4.78, 5) is 24.5. The number of thioether (sulfide) groups is 1. The van der Waals surface area contributed by atoms with Crippen LogP contribution in [0.15, 0.2) is 12.2 Å². The quantitative estimate of drug-likeness (QED) is 0.223. The van der Waals surface area contributed by atoms with Crippen LogP contribution in [-0.4, -0.2) is 36.4 Å². The molecule has 3 fully saturated rings. The van der Waals surface area contributed by atoms with E-state index in [2.05, 4.69) is 0 Å². The van der Waals surface area contributed by atoms with Gasteiger partial charge in [0.2, 0.25) is 5.91 Å². The molecule has 4 aliphatic rings. The second-order valence-corrected chi connectivity index (χ2v) is 8.05. The van der Waals surface area contributed by atoms with Crippen LogP contribution in [0.3, 0.4) is 0 Å². The maximum absolute atomic E-state index is 12.3. The van der Waals surface area contributed by atoms with E-state index in [4.69, 9.17) is 39.5 Å². The highest BCUT2D eigenvalue weighted by molar-refractivity contribution is 8.10. The zero-order valence-corrected chi connectivity index (χ0v) is 11.1. The van der Waals surface area contributed by atoms with E-state index in [-0.39, 0.29) is 6.10 Å². The molecule has 0 saturated carbocycles. The fraction of sp³-hybridized carbons (Fsp3) is 0.556. The lowest BCUT2D eigenvalue weighted by molar-refractivity contribution is -0.142. The van der Waals surface area contributed by atoms with Crippen molar-refractivity contribution >= 4 is 58.4 Å². The number of hydrogen-bond acceptors (Lipinski definition) is 4. The minimum atomic E-state index is -2.03. The highest BCUT2D eigenvalue weighted by Gasteiger charge is 2.91. The molecule has 0 aromatic rings. The predicted octanol–water partition coefficient (Wildman–Crippen LogP) is 1.45. The van der Waals surface area contributed by atoms with Crippen LogP contribution >= 0.6 is 46.6 Å². The molecule has 3 saturated heterocycles. The number of likely N-dealkylation sites (tertiary alicyclic amines) is 1. The van der Waals surface area contributed by atoms with E-state index < -0.39 is 31.3 Å². The van der Waals surface area contributed by atoms with Crippen LogP contribution < -0.4 is 0 Å². The summed E-state index contributed by atoms with van der Waals surface area (Å²) in [6.07, 6.45) is 3.26. The number of fused-ring (bicyclic) bond motifs is 2. The number of amides is 2. The van der Waals surface area contributed by atoms with Gasteiger partial charge in [0.05, 0.1) is 12.0 Å². The molecule has 8 heteroatoms. The maximum atomic E-state index is 12.3. The van der Waals surface area contributed by atoms with Gasteiger partial charge in [-0.25, -0.2) is 4.90 Å². The molecule has 4 atom stereocenters. The largest absolute Gasteiger partial charge is 0.350 e. The molecule has 4 rings (SSSR count). The van der Waals surface area contributed by atoms with Crippen molar-refractivity contribution in [1.29, 1.82) is 0 Å². The monoisotopic (exact) mass is 311 g/mol. The van der Waals surface area contributed by atoms with Crippen molar-refractivity contribution < 1.29 is 14.3 Å². The average molecular weight is 313 g/mol. The molecule has 4 unspecified atom stereocenters. The lowest BCUT2D eigenvalue weighted by Gasteiger charge is -2.23. The van der Waals surface area contributed by atoms with Gasteiger partial charge in [0, 0.05) is 0 Å². The predicted molar refractivity (Wildman–Crippen MR) is 62.7 cm³/mol. The van der Waals surface area contributed by atoms with Gasteiger partial charge in [-0.1, -0.05) is 52.6 Å². The molecule has 4 heterocycles. The second kappa shape index (κ2) is 2.65. The van der Waals surface area contributed by atoms with E-state index in [0.29, 0.717) is 0 Å². The van der Waals surface area contributed by atoms with E-state index in [1.807, 2.05) is 6.08 Å². The van der Waals surface area contributed by atoms with Gasteiger partial charge in [0.25, 0.3) is 9.82 Å². The lowest BCUT2D eigenvalue weighted by atomic mass is 9.85. The standard InChI is InChI=1S/C9H4Cl3NO3S/c10-9(11,12)13-5(14)4-3-1-2-7(16-3)8(4,17-7)6(13)15/h1-4H. The maximum Gasteiger partial charge on any atom is 0.276 e. The molecule has 0 aromatic carbocycles. The van der Waals surface area contributed by atoms with Gasteiger partial charge in [-0.05, 0) is 6.08 Å². The van der Waals surface area contributed by atoms with Crippen LogP contribution in [0, 0.1) is 5.92 Å². The van der Waals surface area contributed by atoms with Gasteiger partial charge < -0.3 is 4.74 Å². The fourth-order valence-electron chi connectivity index (χ4n) is 2.96. The van der Waals surface area contributed by atoms with E-state index in [1.165, 1.54) is 11.8 Å². The third-order valence-corrected chi connectivity index (χ3v) is 5.85. The Bertz CT molecular complexity index is 518. The van der Waals surface area contributed by atoms with Gasteiger partial charge in [-0.15, -0.1) is 0 Å². The number of hydrogen-bond donors (Lipinski definition) is 0. The molecule has 4 nitrogen and oxygen atoms in total. The first kappa shape index (κ1) is 10.9. The number of alkyl halides is 3. The number of carbonyl (C=O) groups is 2. The van der Waals surface area contributed by atoms with Crippen LogP contribution in [0.1, 0.15) is 0 Å². The van der Waals surface area contributed by atoms with Crippen LogP contribution in [0.4, 0.5) is 0 Å². The van der Waals surface area contributed by atoms with Gasteiger partial charge in [0.1, 0.15) is 0 Å². The number of halogens is 3. The van der Waals surface area contributed by atoms with Crippen molar-refractivity contribution in [1.82, 2.24) is 4.90 Å². The zero-order chi connectivity index (χ0) is 12.2. The molecular weight excluding hydrogens is 309 g/mol. The minimum Gasteiger partial charge on any atom is -0.350 e. The molecule has 0 N–H and O–H groups in total. The Morgan fingerprint density at radius 1 is 1.41 bits per heavy atom. The molecule has 0 radical (unpaired) electrons. The van der Waals surface area contributed by atoms with E-state index >= 15 is 0 Å². The van der Waals surface area contributed by atoms with Crippen molar-refractivity contribution in [3.05, 3.63) is 12.2 Å².